The van der Waals surface area contributed by atoms with Crippen molar-refractivity contribution in [1.29, 1.82) is 0 Å². The van der Waals surface area contributed by atoms with Gasteiger partial charge in [0.15, 0.2) is 0 Å². The predicted molar refractivity (Wildman–Crippen MR) is 57.4 cm³/mol. The summed E-state index contributed by atoms with van der Waals surface area (Å²) in [6, 6.07) is 0. The first-order chi connectivity index (χ1) is 6.89. The Labute approximate surface area is 90.8 Å². The Kier molecular flexibility index (Phi) is 2.23. The van der Waals surface area contributed by atoms with Crippen LogP contribution in [0.5, 0.6) is 0 Å². The second-order valence-electron chi connectivity index (χ2n) is 5.63. The number of nitrogens with zero attached hydrogens (tertiary/aromatic N) is 1. The number of hydrogen-bond donors (Lipinski definition) is 1. The van der Waals surface area contributed by atoms with E-state index in [1.807, 2.05) is 25.7 Å². The molecule has 4 heteroatoms. The van der Waals surface area contributed by atoms with Crippen molar-refractivity contribution < 1.29 is 9.53 Å². The van der Waals surface area contributed by atoms with Crippen LogP contribution in [-0.4, -0.2) is 35.2 Å². The number of rotatable bonds is 1. The third-order valence-electron chi connectivity index (χ3n) is 3.41. The molecule has 2 aliphatic rings. The molecule has 1 amide bonds. The Bertz CT molecular complexity index is 281. The topological polar surface area (TPSA) is 55.6 Å². The average molecular weight is 212 g/mol. The number of carbonyl (C=O) groups excluding carboxylic acids is 1. The summed E-state index contributed by atoms with van der Waals surface area (Å²) in [7, 11) is 0. The fraction of sp³-hybridized carbons (Fsp3) is 0.909. The molecule has 2 N–H and O–H groups in total. The molecular weight excluding hydrogens is 192 g/mol. The molecule has 4 nitrogen and oxygen atoms in total. The smallest absolute Gasteiger partial charge is 0.410 e. The zero-order chi connectivity index (χ0) is 11.3. The van der Waals surface area contributed by atoms with Gasteiger partial charge in [0.25, 0.3) is 0 Å². The lowest BCUT2D eigenvalue weighted by atomic mass is 10.2. The molecule has 2 rings (SSSR count). The molecule has 2 atom stereocenters. The van der Waals surface area contributed by atoms with Gasteiger partial charge in [0.2, 0.25) is 0 Å². The summed E-state index contributed by atoms with van der Waals surface area (Å²) in [6.45, 7) is 7.04. The second-order valence-corrected chi connectivity index (χ2v) is 5.63. The van der Waals surface area contributed by atoms with E-state index < -0.39 is 5.60 Å². The van der Waals surface area contributed by atoms with Gasteiger partial charge >= 0.3 is 6.09 Å². The third-order valence-corrected chi connectivity index (χ3v) is 3.41. The van der Waals surface area contributed by atoms with E-state index in [-0.39, 0.29) is 11.6 Å². The summed E-state index contributed by atoms with van der Waals surface area (Å²) < 4.78 is 5.38. The van der Waals surface area contributed by atoms with Gasteiger partial charge in [-0.1, -0.05) is 0 Å². The second kappa shape index (κ2) is 3.11. The fourth-order valence-corrected chi connectivity index (χ4v) is 2.53. The minimum Gasteiger partial charge on any atom is -0.444 e. The molecule has 1 aliphatic heterocycles. The van der Waals surface area contributed by atoms with Crippen LogP contribution in [0.25, 0.3) is 0 Å². The van der Waals surface area contributed by atoms with Gasteiger partial charge in [0.05, 0.1) is 5.54 Å². The Morgan fingerprint density at radius 1 is 1.60 bits per heavy atom. The highest BCUT2D eigenvalue weighted by Crippen LogP contribution is 2.55. The summed E-state index contributed by atoms with van der Waals surface area (Å²) in [4.78, 5) is 13.7. The Hall–Kier alpha value is -0.770. The molecule has 0 aromatic rings. The van der Waals surface area contributed by atoms with Gasteiger partial charge in [0, 0.05) is 13.1 Å². The largest absolute Gasteiger partial charge is 0.444 e. The van der Waals surface area contributed by atoms with Crippen LogP contribution in [0.4, 0.5) is 4.79 Å². The van der Waals surface area contributed by atoms with E-state index >= 15 is 0 Å². The summed E-state index contributed by atoms with van der Waals surface area (Å²) in [5.74, 6) is 0.620. The van der Waals surface area contributed by atoms with E-state index in [1.165, 1.54) is 0 Å². The summed E-state index contributed by atoms with van der Waals surface area (Å²) in [6.07, 6.45) is 1.94. The van der Waals surface area contributed by atoms with E-state index in [4.69, 9.17) is 10.5 Å². The number of ether oxygens (including phenoxy) is 1. The maximum atomic E-state index is 11.9. The average Bonchev–Trinajstić information content (AvgIpc) is 2.70. The summed E-state index contributed by atoms with van der Waals surface area (Å²) >= 11 is 0. The van der Waals surface area contributed by atoms with Crippen LogP contribution in [0, 0.1) is 5.92 Å². The first-order valence-electron chi connectivity index (χ1n) is 5.60. The van der Waals surface area contributed by atoms with Crippen molar-refractivity contribution >= 4 is 6.09 Å². The maximum absolute atomic E-state index is 11.9. The van der Waals surface area contributed by atoms with Crippen LogP contribution < -0.4 is 5.73 Å². The highest BCUT2D eigenvalue weighted by molar-refractivity contribution is 5.71. The van der Waals surface area contributed by atoms with Crippen LogP contribution in [0.2, 0.25) is 0 Å². The molecular formula is C11H20N2O2. The number of amides is 1. The van der Waals surface area contributed by atoms with E-state index in [0.29, 0.717) is 12.5 Å². The molecule has 1 heterocycles. The number of fused-ring (bicyclic) bond motifs is 1. The number of hydrogen-bond acceptors (Lipinski definition) is 3. The van der Waals surface area contributed by atoms with Crippen LogP contribution in [-0.2, 0) is 4.74 Å². The minimum absolute atomic E-state index is 0.0532. The van der Waals surface area contributed by atoms with Crippen molar-refractivity contribution in [2.24, 2.45) is 11.7 Å². The van der Waals surface area contributed by atoms with E-state index in [2.05, 4.69) is 0 Å². The molecule has 0 aromatic heterocycles. The number of likely N-dealkylation sites (tertiary alicyclic amines) is 1. The third kappa shape index (κ3) is 1.71. The van der Waals surface area contributed by atoms with E-state index in [1.54, 1.807) is 0 Å². The zero-order valence-electron chi connectivity index (χ0n) is 9.75. The molecule has 2 fully saturated rings. The molecule has 1 saturated heterocycles. The lowest BCUT2D eigenvalue weighted by Crippen LogP contribution is -2.46. The zero-order valence-corrected chi connectivity index (χ0v) is 9.75. The minimum atomic E-state index is -0.417. The molecule has 0 aromatic carbocycles. The maximum Gasteiger partial charge on any atom is 0.410 e. The standard InChI is InChI=1S/C11H20N2O2/c1-10(2,3)15-9(14)13-5-4-8-6-11(8,13)7-12/h8H,4-7,12H2,1-3H3. The molecule has 1 saturated carbocycles. The van der Waals surface area contributed by atoms with Crippen molar-refractivity contribution in [2.75, 3.05) is 13.1 Å². The van der Waals surface area contributed by atoms with Gasteiger partial charge in [-0.3, -0.25) is 0 Å². The first kappa shape index (κ1) is 10.7. The van der Waals surface area contributed by atoms with Crippen LogP contribution in [0.3, 0.4) is 0 Å². The summed E-state index contributed by atoms with van der Waals surface area (Å²) in [5, 5.41) is 0. The molecule has 86 valence electrons. The highest BCUT2D eigenvalue weighted by atomic mass is 16.6. The van der Waals surface area contributed by atoms with Crippen molar-refractivity contribution in [2.45, 2.75) is 44.8 Å². The Morgan fingerprint density at radius 2 is 2.27 bits per heavy atom. The van der Waals surface area contributed by atoms with Gasteiger partial charge in [-0.15, -0.1) is 0 Å². The molecule has 1 aliphatic carbocycles. The van der Waals surface area contributed by atoms with Gasteiger partial charge in [-0.05, 0) is 39.5 Å². The van der Waals surface area contributed by atoms with E-state index in [9.17, 15) is 4.79 Å². The number of carbonyl (C=O) groups is 1. The van der Waals surface area contributed by atoms with E-state index in [0.717, 1.165) is 19.4 Å². The van der Waals surface area contributed by atoms with Crippen molar-refractivity contribution in [3.05, 3.63) is 0 Å². The van der Waals surface area contributed by atoms with Crippen LogP contribution >= 0.6 is 0 Å². The molecule has 0 bridgehead atoms. The van der Waals surface area contributed by atoms with Crippen molar-refractivity contribution in [1.82, 2.24) is 4.90 Å². The van der Waals surface area contributed by atoms with Crippen molar-refractivity contribution in [3.63, 3.8) is 0 Å². The number of nitrogens with two attached hydrogens (primary N) is 1. The predicted octanol–water partition coefficient (Wildman–Crippen LogP) is 1.34. The highest BCUT2D eigenvalue weighted by Gasteiger charge is 2.63. The molecule has 0 spiro atoms. The fourth-order valence-electron chi connectivity index (χ4n) is 2.53. The first-order valence-corrected chi connectivity index (χ1v) is 5.60. The lowest BCUT2D eigenvalue weighted by Gasteiger charge is -2.30. The normalized spacial score (nSPS) is 33.9. The monoisotopic (exact) mass is 212 g/mol. The van der Waals surface area contributed by atoms with Gasteiger partial charge in [0.1, 0.15) is 5.60 Å². The summed E-state index contributed by atoms with van der Waals surface area (Å²) in [5.41, 5.74) is 5.28. The molecule has 2 unspecified atom stereocenters. The quantitative estimate of drug-likeness (QED) is 0.713. The van der Waals surface area contributed by atoms with Gasteiger partial charge in [-0.25, -0.2) is 4.79 Å². The molecule has 0 radical (unpaired) electrons. The Balaban J connectivity index is 2.02. The molecule has 15 heavy (non-hydrogen) atoms. The van der Waals surface area contributed by atoms with Crippen LogP contribution in [0.15, 0.2) is 0 Å². The Morgan fingerprint density at radius 3 is 2.73 bits per heavy atom. The SMILES string of the molecule is CC(C)(C)OC(=O)N1CCC2CC21CN. The van der Waals surface area contributed by atoms with Gasteiger partial charge in [-0.2, -0.15) is 0 Å². The lowest BCUT2D eigenvalue weighted by molar-refractivity contribution is 0.0183. The number of piperidine rings is 1. The van der Waals surface area contributed by atoms with Gasteiger partial charge < -0.3 is 15.4 Å². The van der Waals surface area contributed by atoms with Crippen LogP contribution in [0.1, 0.15) is 33.6 Å². The van der Waals surface area contributed by atoms with Crippen molar-refractivity contribution in [3.8, 4) is 0 Å².